The molecule has 0 radical (unpaired) electrons. The fourth-order valence-electron chi connectivity index (χ4n) is 4.98. The molecule has 188 valence electrons. The average Bonchev–Trinajstić information content (AvgIpc) is 3.57. The highest BCUT2D eigenvalue weighted by Crippen LogP contribution is 2.46. The van der Waals surface area contributed by atoms with Crippen LogP contribution in [-0.2, 0) is 22.6 Å². The van der Waals surface area contributed by atoms with Crippen molar-refractivity contribution in [1.29, 1.82) is 0 Å². The quantitative estimate of drug-likeness (QED) is 0.335. The molecule has 6 rings (SSSR count). The molecule has 0 bridgehead atoms. The van der Waals surface area contributed by atoms with E-state index in [4.69, 9.17) is 4.98 Å². The molecular formula is C28H26N4O3S2. The van der Waals surface area contributed by atoms with Crippen LogP contribution in [0.25, 0.3) is 20.8 Å². The Hall–Kier alpha value is -3.40. The van der Waals surface area contributed by atoms with Gasteiger partial charge in [0.05, 0.1) is 15.9 Å². The fourth-order valence-corrected chi connectivity index (χ4v) is 7.36. The normalized spacial score (nSPS) is 16.1. The van der Waals surface area contributed by atoms with Crippen molar-refractivity contribution in [2.24, 2.45) is 0 Å². The Kier molecular flexibility index (Phi) is 6.14. The minimum Gasteiger partial charge on any atom is -0.313 e. The average molecular weight is 531 g/mol. The first kappa shape index (κ1) is 24.0. The number of aromatic nitrogens is 1. The van der Waals surface area contributed by atoms with Crippen LogP contribution in [0.5, 0.6) is 0 Å². The van der Waals surface area contributed by atoms with Crippen LogP contribution in [0.1, 0.15) is 47.5 Å². The monoisotopic (exact) mass is 530 g/mol. The second kappa shape index (κ2) is 9.48. The van der Waals surface area contributed by atoms with Crippen molar-refractivity contribution < 1.29 is 14.4 Å². The van der Waals surface area contributed by atoms with Crippen molar-refractivity contribution in [1.82, 2.24) is 9.88 Å². The van der Waals surface area contributed by atoms with Crippen LogP contribution in [0.15, 0.2) is 48.5 Å². The number of nitrogens with one attached hydrogen (secondary N) is 1. The third kappa shape index (κ3) is 4.37. The zero-order chi connectivity index (χ0) is 25.7. The van der Waals surface area contributed by atoms with E-state index in [2.05, 4.69) is 30.1 Å². The number of hydrogen-bond acceptors (Lipinski definition) is 7. The zero-order valence-electron chi connectivity index (χ0n) is 20.6. The third-order valence-electron chi connectivity index (χ3n) is 6.97. The molecule has 0 spiro atoms. The molecule has 1 N–H and O–H groups in total. The molecule has 3 amide bonds. The number of fused-ring (bicyclic) bond motifs is 2. The van der Waals surface area contributed by atoms with Crippen molar-refractivity contribution in [3.8, 4) is 10.6 Å². The Balaban J connectivity index is 1.37. The molecule has 1 saturated heterocycles. The van der Waals surface area contributed by atoms with Crippen LogP contribution < -0.4 is 10.2 Å². The summed E-state index contributed by atoms with van der Waals surface area (Å²) in [6.45, 7) is 6.23. The summed E-state index contributed by atoms with van der Waals surface area (Å²) in [6, 6.07) is 15.2. The molecule has 1 fully saturated rings. The molecule has 7 nitrogen and oxygen atoms in total. The SMILES string of the molecule is CC(C)N1CCc2c(sc(NC(=O)c3cccc(N4C(=O)CCC4=O)c3)c2-c2nc3ccccc3s2)C1. The number of thiazole rings is 1. The van der Waals surface area contributed by atoms with Crippen molar-refractivity contribution in [2.75, 3.05) is 16.8 Å². The number of carbonyl (C=O) groups excluding carboxylic acids is 3. The lowest BCUT2D eigenvalue weighted by molar-refractivity contribution is -0.121. The van der Waals surface area contributed by atoms with Gasteiger partial charge in [0.15, 0.2) is 0 Å². The maximum absolute atomic E-state index is 13.5. The first-order valence-electron chi connectivity index (χ1n) is 12.4. The van der Waals surface area contributed by atoms with E-state index in [0.717, 1.165) is 45.3 Å². The molecule has 2 aromatic heterocycles. The van der Waals surface area contributed by atoms with E-state index in [1.807, 2.05) is 18.2 Å². The van der Waals surface area contributed by atoms with Gasteiger partial charge in [0.2, 0.25) is 11.8 Å². The summed E-state index contributed by atoms with van der Waals surface area (Å²) in [6.07, 6.45) is 1.31. The van der Waals surface area contributed by atoms with Crippen molar-refractivity contribution in [3.05, 3.63) is 64.5 Å². The lowest BCUT2D eigenvalue weighted by Gasteiger charge is -2.30. The molecule has 0 atom stereocenters. The number of thiophene rings is 1. The Bertz CT molecular complexity index is 1510. The number of anilines is 2. The highest BCUT2D eigenvalue weighted by molar-refractivity contribution is 7.23. The highest BCUT2D eigenvalue weighted by atomic mass is 32.1. The van der Waals surface area contributed by atoms with E-state index in [9.17, 15) is 14.4 Å². The van der Waals surface area contributed by atoms with Crippen LogP contribution >= 0.6 is 22.7 Å². The first-order chi connectivity index (χ1) is 17.9. The molecule has 2 aliphatic rings. The maximum Gasteiger partial charge on any atom is 0.256 e. The summed E-state index contributed by atoms with van der Waals surface area (Å²) in [7, 11) is 0. The van der Waals surface area contributed by atoms with Crippen LogP contribution in [0.4, 0.5) is 10.7 Å². The van der Waals surface area contributed by atoms with E-state index in [0.29, 0.717) is 17.3 Å². The number of imide groups is 1. The second-order valence-electron chi connectivity index (χ2n) is 9.64. The Morgan fingerprint density at radius 1 is 1.00 bits per heavy atom. The molecule has 2 aliphatic heterocycles. The zero-order valence-corrected chi connectivity index (χ0v) is 22.2. The lowest BCUT2D eigenvalue weighted by Crippen LogP contribution is -2.35. The van der Waals surface area contributed by atoms with Gasteiger partial charge in [0, 0.05) is 48.0 Å². The molecule has 2 aromatic carbocycles. The number of hydrogen-bond donors (Lipinski definition) is 1. The van der Waals surface area contributed by atoms with Gasteiger partial charge in [-0.3, -0.25) is 24.2 Å². The number of para-hydroxylation sites is 1. The van der Waals surface area contributed by atoms with E-state index in [-0.39, 0.29) is 30.6 Å². The molecule has 4 heterocycles. The third-order valence-corrected chi connectivity index (χ3v) is 9.16. The van der Waals surface area contributed by atoms with Gasteiger partial charge < -0.3 is 5.32 Å². The van der Waals surface area contributed by atoms with Gasteiger partial charge in [-0.15, -0.1) is 22.7 Å². The Morgan fingerprint density at radius 3 is 2.54 bits per heavy atom. The molecule has 0 saturated carbocycles. The summed E-state index contributed by atoms with van der Waals surface area (Å²) in [5.74, 6) is -0.745. The summed E-state index contributed by atoms with van der Waals surface area (Å²) in [4.78, 5) is 47.7. The van der Waals surface area contributed by atoms with Gasteiger partial charge in [-0.1, -0.05) is 18.2 Å². The Labute approximate surface area is 222 Å². The van der Waals surface area contributed by atoms with Gasteiger partial charge in [0.1, 0.15) is 10.0 Å². The maximum atomic E-state index is 13.5. The smallest absolute Gasteiger partial charge is 0.256 e. The van der Waals surface area contributed by atoms with Crippen LogP contribution in [0.3, 0.4) is 0 Å². The highest BCUT2D eigenvalue weighted by Gasteiger charge is 2.31. The van der Waals surface area contributed by atoms with Gasteiger partial charge in [-0.05, 0) is 56.2 Å². The van der Waals surface area contributed by atoms with Crippen molar-refractivity contribution in [2.45, 2.75) is 45.7 Å². The van der Waals surface area contributed by atoms with Crippen LogP contribution in [-0.4, -0.2) is 40.2 Å². The van der Waals surface area contributed by atoms with Gasteiger partial charge in [0.25, 0.3) is 5.91 Å². The van der Waals surface area contributed by atoms with Gasteiger partial charge in [-0.25, -0.2) is 4.98 Å². The summed E-state index contributed by atoms with van der Waals surface area (Å²) < 4.78 is 1.11. The number of carbonyl (C=O) groups is 3. The second-order valence-corrected chi connectivity index (χ2v) is 11.8. The van der Waals surface area contributed by atoms with E-state index < -0.39 is 0 Å². The molecule has 37 heavy (non-hydrogen) atoms. The lowest BCUT2D eigenvalue weighted by atomic mass is 10.0. The van der Waals surface area contributed by atoms with Crippen LogP contribution in [0.2, 0.25) is 0 Å². The molecule has 9 heteroatoms. The predicted molar refractivity (Wildman–Crippen MR) is 148 cm³/mol. The summed E-state index contributed by atoms with van der Waals surface area (Å²) in [5.41, 5.74) is 4.06. The van der Waals surface area contributed by atoms with Crippen molar-refractivity contribution >= 4 is 61.3 Å². The van der Waals surface area contributed by atoms with Crippen molar-refractivity contribution in [3.63, 3.8) is 0 Å². The number of rotatable bonds is 5. The minimum absolute atomic E-state index is 0.203. The minimum atomic E-state index is -0.275. The summed E-state index contributed by atoms with van der Waals surface area (Å²) >= 11 is 3.26. The number of nitrogens with zero attached hydrogens (tertiary/aromatic N) is 3. The predicted octanol–water partition coefficient (Wildman–Crippen LogP) is 5.70. The largest absolute Gasteiger partial charge is 0.313 e. The van der Waals surface area contributed by atoms with E-state index in [1.165, 1.54) is 15.3 Å². The first-order valence-corrected chi connectivity index (χ1v) is 14.0. The van der Waals surface area contributed by atoms with E-state index in [1.54, 1.807) is 46.9 Å². The fraction of sp³-hybridized carbons (Fsp3) is 0.286. The molecular weight excluding hydrogens is 504 g/mol. The summed E-state index contributed by atoms with van der Waals surface area (Å²) in [5, 5.41) is 4.85. The molecule has 0 unspecified atom stereocenters. The van der Waals surface area contributed by atoms with Gasteiger partial charge in [-0.2, -0.15) is 0 Å². The molecule has 4 aromatic rings. The van der Waals surface area contributed by atoms with Gasteiger partial charge >= 0.3 is 0 Å². The number of benzene rings is 2. The topological polar surface area (TPSA) is 82.6 Å². The Morgan fingerprint density at radius 2 is 1.78 bits per heavy atom. The van der Waals surface area contributed by atoms with E-state index >= 15 is 0 Å². The van der Waals surface area contributed by atoms with Crippen LogP contribution in [0, 0.1) is 0 Å². The molecule has 0 aliphatic carbocycles. The number of amides is 3. The standard InChI is InChI=1S/C28H26N4O3S2/c1-16(2)31-13-12-19-22(15-31)37-28(25(19)27-29-20-8-3-4-9-21(20)36-27)30-26(35)17-6-5-7-18(14-17)32-23(33)10-11-24(32)34/h3-9,14,16H,10-13,15H2,1-2H3,(H,30,35).